The summed E-state index contributed by atoms with van der Waals surface area (Å²) in [6.45, 7) is 8.11. The second-order valence-electron chi connectivity index (χ2n) is 5.48. The first kappa shape index (κ1) is 12.0. The molecule has 0 amide bonds. The zero-order valence-electron chi connectivity index (χ0n) is 10.3. The van der Waals surface area contributed by atoms with Crippen LogP contribution >= 0.6 is 11.6 Å². The van der Waals surface area contributed by atoms with Crippen molar-refractivity contribution in [1.29, 1.82) is 0 Å². The predicted octanol–water partition coefficient (Wildman–Crippen LogP) is 3.24. The average Bonchev–Trinajstić information content (AvgIpc) is 2.86. The molecule has 3 aliphatic rings. The molecule has 1 saturated heterocycles. The van der Waals surface area contributed by atoms with E-state index >= 15 is 0 Å². The van der Waals surface area contributed by atoms with Gasteiger partial charge in [0.2, 0.25) is 0 Å². The highest BCUT2D eigenvalue weighted by Gasteiger charge is 2.50. The third-order valence-electron chi connectivity index (χ3n) is 4.65. The van der Waals surface area contributed by atoms with Gasteiger partial charge in [-0.2, -0.15) is 0 Å². The third-order valence-corrected chi connectivity index (χ3v) is 4.96. The highest BCUT2D eigenvalue weighted by Crippen LogP contribution is 2.50. The fraction of sp³-hybridized carbons (Fsp3) is 0.533. The number of hydrogen-bond donors (Lipinski definition) is 0. The molecule has 0 aromatic heterocycles. The Bertz CT molecular complexity index is 463. The Morgan fingerprint density at radius 3 is 2.89 bits per heavy atom. The van der Waals surface area contributed by atoms with Crippen molar-refractivity contribution in [3.05, 3.63) is 36.0 Å². The molecule has 1 saturated carbocycles. The summed E-state index contributed by atoms with van der Waals surface area (Å²) in [4.78, 5) is 11.7. The van der Waals surface area contributed by atoms with E-state index in [4.69, 9.17) is 16.3 Å². The van der Waals surface area contributed by atoms with Gasteiger partial charge in [-0.25, -0.2) is 4.79 Å². The SMILES string of the molecule is C=C1CC[C@H]2C(=C)C(=O)O[C@@H]2C2C(CCl)=CCC12. The molecule has 2 aliphatic carbocycles. The molecular weight excluding hydrogens is 248 g/mol. The Hall–Kier alpha value is -1.02. The van der Waals surface area contributed by atoms with Crippen LogP contribution in [0.5, 0.6) is 0 Å². The zero-order chi connectivity index (χ0) is 12.9. The Morgan fingerprint density at radius 2 is 2.17 bits per heavy atom. The maximum Gasteiger partial charge on any atom is 0.334 e. The van der Waals surface area contributed by atoms with Gasteiger partial charge in [-0.05, 0) is 25.2 Å². The van der Waals surface area contributed by atoms with Crippen molar-refractivity contribution in [2.24, 2.45) is 17.8 Å². The van der Waals surface area contributed by atoms with Crippen LogP contribution in [0.1, 0.15) is 19.3 Å². The van der Waals surface area contributed by atoms with E-state index in [2.05, 4.69) is 19.2 Å². The molecule has 0 bridgehead atoms. The normalized spacial score (nSPS) is 38.9. The lowest BCUT2D eigenvalue weighted by Gasteiger charge is -2.27. The number of carbonyl (C=O) groups excluding carboxylic acids is 1. The average molecular weight is 265 g/mol. The molecule has 0 spiro atoms. The van der Waals surface area contributed by atoms with Gasteiger partial charge >= 0.3 is 5.97 Å². The highest BCUT2D eigenvalue weighted by molar-refractivity contribution is 6.19. The summed E-state index contributed by atoms with van der Waals surface area (Å²) in [6.07, 6.45) is 5.00. The van der Waals surface area contributed by atoms with Gasteiger partial charge in [0.05, 0.1) is 0 Å². The van der Waals surface area contributed by atoms with E-state index < -0.39 is 0 Å². The van der Waals surface area contributed by atoms with E-state index in [1.165, 1.54) is 11.1 Å². The fourth-order valence-electron chi connectivity index (χ4n) is 3.64. The quantitative estimate of drug-likeness (QED) is 0.315. The van der Waals surface area contributed by atoms with Crippen LogP contribution in [0.2, 0.25) is 0 Å². The fourth-order valence-corrected chi connectivity index (χ4v) is 3.93. The van der Waals surface area contributed by atoms with Gasteiger partial charge in [0.1, 0.15) is 6.10 Å². The molecule has 3 heteroatoms. The van der Waals surface area contributed by atoms with Crippen LogP contribution in [0.3, 0.4) is 0 Å². The second-order valence-corrected chi connectivity index (χ2v) is 5.75. The lowest BCUT2D eigenvalue weighted by Crippen LogP contribution is -2.30. The lowest BCUT2D eigenvalue weighted by molar-refractivity contribution is -0.141. The molecule has 2 fully saturated rings. The van der Waals surface area contributed by atoms with E-state index in [0.717, 1.165) is 19.3 Å². The molecule has 1 aliphatic heterocycles. The minimum Gasteiger partial charge on any atom is -0.458 e. The monoisotopic (exact) mass is 264 g/mol. The molecule has 0 aromatic carbocycles. The van der Waals surface area contributed by atoms with Crippen molar-refractivity contribution in [2.45, 2.75) is 25.4 Å². The van der Waals surface area contributed by atoms with Gasteiger partial charge in [-0.3, -0.25) is 0 Å². The minimum atomic E-state index is -0.225. The van der Waals surface area contributed by atoms with E-state index in [1.54, 1.807) is 0 Å². The van der Waals surface area contributed by atoms with Crippen molar-refractivity contribution in [1.82, 2.24) is 0 Å². The number of halogens is 1. The third kappa shape index (κ3) is 1.58. The first-order chi connectivity index (χ1) is 8.63. The van der Waals surface area contributed by atoms with E-state index in [0.29, 0.717) is 17.4 Å². The summed E-state index contributed by atoms with van der Waals surface area (Å²) in [5.74, 6) is 1.06. The molecule has 0 radical (unpaired) electrons. The molecule has 18 heavy (non-hydrogen) atoms. The van der Waals surface area contributed by atoms with Crippen LogP contribution in [0.15, 0.2) is 36.0 Å². The number of ether oxygens (including phenoxy) is 1. The summed E-state index contributed by atoms with van der Waals surface area (Å²) in [7, 11) is 0. The van der Waals surface area contributed by atoms with Crippen LogP contribution in [0.25, 0.3) is 0 Å². The minimum absolute atomic E-state index is 0.0678. The first-order valence-electron chi connectivity index (χ1n) is 6.45. The van der Waals surface area contributed by atoms with Crippen molar-refractivity contribution in [2.75, 3.05) is 5.88 Å². The number of rotatable bonds is 1. The van der Waals surface area contributed by atoms with Gasteiger partial charge < -0.3 is 4.74 Å². The molecule has 3 rings (SSSR count). The Kier molecular flexibility index (Phi) is 2.86. The summed E-state index contributed by atoms with van der Waals surface area (Å²) < 4.78 is 5.57. The Balaban J connectivity index is 1.99. The first-order valence-corrected chi connectivity index (χ1v) is 6.99. The number of esters is 1. The molecule has 0 N–H and O–H groups in total. The van der Waals surface area contributed by atoms with E-state index in [9.17, 15) is 4.79 Å². The molecule has 1 heterocycles. The Morgan fingerprint density at radius 1 is 1.39 bits per heavy atom. The van der Waals surface area contributed by atoms with Crippen molar-refractivity contribution in [3.63, 3.8) is 0 Å². The maximum atomic E-state index is 11.7. The molecule has 2 unspecified atom stereocenters. The van der Waals surface area contributed by atoms with Gasteiger partial charge in [0.15, 0.2) is 0 Å². The van der Waals surface area contributed by atoms with Gasteiger partial charge in [-0.15, -0.1) is 11.6 Å². The topological polar surface area (TPSA) is 26.3 Å². The summed E-state index contributed by atoms with van der Waals surface area (Å²) in [6, 6.07) is 0. The van der Waals surface area contributed by atoms with Crippen molar-refractivity contribution >= 4 is 17.6 Å². The van der Waals surface area contributed by atoms with Gasteiger partial charge in [0.25, 0.3) is 0 Å². The summed E-state index contributed by atoms with van der Waals surface area (Å²) in [5, 5.41) is 0. The smallest absolute Gasteiger partial charge is 0.334 e. The van der Waals surface area contributed by atoms with Crippen molar-refractivity contribution < 1.29 is 9.53 Å². The van der Waals surface area contributed by atoms with Gasteiger partial charge in [-0.1, -0.05) is 30.4 Å². The maximum absolute atomic E-state index is 11.7. The number of allylic oxidation sites excluding steroid dienone is 2. The van der Waals surface area contributed by atoms with E-state index in [1.807, 2.05) is 0 Å². The van der Waals surface area contributed by atoms with Crippen LogP contribution in [0.4, 0.5) is 0 Å². The van der Waals surface area contributed by atoms with E-state index in [-0.39, 0.29) is 23.9 Å². The Labute approximate surface area is 112 Å². The standard InChI is InChI=1S/C15H17ClO2/c1-8-3-5-12-9(2)15(17)18-14(12)13-10(7-16)4-6-11(8)13/h4,11-14H,1-3,5-7H2/t11?,12-,13?,14-/m0/s1. The number of hydrogen-bond acceptors (Lipinski definition) is 2. The summed E-state index contributed by atoms with van der Waals surface area (Å²) >= 11 is 6.03. The van der Waals surface area contributed by atoms with Crippen LogP contribution in [0, 0.1) is 17.8 Å². The molecule has 96 valence electrons. The van der Waals surface area contributed by atoms with Crippen LogP contribution < -0.4 is 0 Å². The largest absolute Gasteiger partial charge is 0.458 e. The molecule has 2 nitrogen and oxygen atoms in total. The number of alkyl halides is 1. The van der Waals surface area contributed by atoms with Gasteiger partial charge in [0, 0.05) is 23.3 Å². The molecule has 0 aromatic rings. The second kappa shape index (κ2) is 4.27. The zero-order valence-corrected chi connectivity index (χ0v) is 11.1. The molecule has 4 atom stereocenters. The molecular formula is C15H17ClO2. The summed E-state index contributed by atoms with van der Waals surface area (Å²) in [5.41, 5.74) is 3.12. The lowest BCUT2D eigenvalue weighted by atomic mass is 9.80. The number of carbonyl (C=O) groups is 1. The van der Waals surface area contributed by atoms with Crippen LogP contribution in [-0.4, -0.2) is 18.0 Å². The van der Waals surface area contributed by atoms with Crippen LogP contribution in [-0.2, 0) is 9.53 Å². The highest BCUT2D eigenvalue weighted by atomic mass is 35.5. The predicted molar refractivity (Wildman–Crippen MR) is 71.3 cm³/mol. The number of fused-ring (bicyclic) bond motifs is 3. The van der Waals surface area contributed by atoms with Crippen molar-refractivity contribution in [3.8, 4) is 0 Å².